The summed E-state index contributed by atoms with van der Waals surface area (Å²) in [4.78, 5) is 28.9. The summed E-state index contributed by atoms with van der Waals surface area (Å²) >= 11 is 0. The predicted octanol–water partition coefficient (Wildman–Crippen LogP) is -0.228. The third-order valence-electron chi connectivity index (χ3n) is 2.06. The smallest absolute Gasteiger partial charge is 0.339 e. The molecule has 0 fully saturated rings. The van der Waals surface area contributed by atoms with Crippen molar-refractivity contribution in [1.29, 1.82) is 0 Å². The number of esters is 1. The maximum Gasteiger partial charge on any atom is 0.339 e. The van der Waals surface area contributed by atoms with Crippen molar-refractivity contribution in [2.24, 2.45) is 5.73 Å². The van der Waals surface area contributed by atoms with Crippen LogP contribution in [-0.4, -0.2) is 41.2 Å². The van der Waals surface area contributed by atoms with E-state index >= 15 is 0 Å². The Morgan fingerprint density at radius 1 is 1.47 bits per heavy atom. The van der Waals surface area contributed by atoms with Crippen molar-refractivity contribution >= 4 is 13.6 Å². The number of rotatable bonds is 9. The van der Waals surface area contributed by atoms with Gasteiger partial charge in [-0.25, -0.2) is 0 Å². The molecule has 0 radical (unpaired) electrons. The maximum absolute atomic E-state index is 11.5. The molecule has 5 N–H and O–H groups in total. The van der Waals surface area contributed by atoms with Gasteiger partial charge in [-0.05, 0) is 26.3 Å². The van der Waals surface area contributed by atoms with Crippen LogP contribution in [0.5, 0.6) is 0 Å². The summed E-state index contributed by atoms with van der Waals surface area (Å²) in [5.41, 5.74) is 5.33. The second kappa shape index (κ2) is 8.60. The highest BCUT2D eigenvalue weighted by atomic mass is 31.2. The Balaban J connectivity index is 4.19. The van der Waals surface area contributed by atoms with Gasteiger partial charge >= 0.3 is 13.6 Å². The molecule has 0 aromatic heterocycles. The van der Waals surface area contributed by atoms with E-state index in [1.54, 1.807) is 6.92 Å². The van der Waals surface area contributed by atoms with Gasteiger partial charge in [0.15, 0.2) is 0 Å². The highest BCUT2D eigenvalue weighted by molar-refractivity contribution is 7.51. The molecule has 0 saturated heterocycles. The Hall–Kier alpha value is -0.460. The van der Waals surface area contributed by atoms with Gasteiger partial charge in [0.2, 0.25) is 0 Å². The monoisotopic (exact) mass is 268 g/mol. The van der Waals surface area contributed by atoms with Gasteiger partial charge in [0.05, 0.1) is 12.9 Å². The third kappa shape index (κ3) is 9.26. The van der Waals surface area contributed by atoms with Crippen molar-refractivity contribution in [3.8, 4) is 0 Å². The Morgan fingerprint density at radius 2 is 2.12 bits per heavy atom. The van der Waals surface area contributed by atoms with Crippen molar-refractivity contribution < 1.29 is 23.9 Å². The summed E-state index contributed by atoms with van der Waals surface area (Å²) < 4.78 is 15.5. The predicted molar refractivity (Wildman–Crippen MR) is 63.4 cm³/mol. The van der Waals surface area contributed by atoms with Crippen molar-refractivity contribution in [1.82, 2.24) is 5.32 Å². The Kier molecular flexibility index (Phi) is 8.37. The van der Waals surface area contributed by atoms with Crippen molar-refractivity contribution in [3.63, 3.8) is 0 Å². The molecule has 8 heteroatoms. The third-order valence-corrected chi connectivity index (χ3v) is 2.66. The standard InChI is InChI=1S/C9H21N2O5P/c1-2-16-9(12)8(5-3-4-6-10)11-7-17(13,14)15/h8,11H,2-7,10H2,1H3,(H2,13,14,15)/t8-/m0/s1. The van der Waals surface area contributed by atoms with Gasteiger partial charge in [-0.15, -0.1) is 0 Å². The van der Waals surface area contributed by atoms with E-state index in [4.69, 9.17) is 20.3 Å². The van der Waals surface area contributed by atoms with Crippen LogP contribution in [0.2, 0.25) is 0 Å². The van der Waals surface area contributed by atoms with Gasteiger partial charge in [-0.2, -0.15) is 0 Å². The first-order chi connectivity index (χ1) is 7.90. The Labute approximate surface area is 101 Å². The molecule has 0 aliphatic carbocycles. The zero-order chi connectivity index (χ0) is 13.3. The van der Waals surface area contributed by atoms with Gasteiger partial charge in [0.1, 0.15) is 6.04 Å². The molecule has 17 heavy (non-hydrogen) atoms. The lowest BCUT2D eigenvalue weighted by molar-refractivity contribution is -0.145. The van der Waals surface area contributed by atoms with Crippen LogP contribution in [0.1, 0.15) is 26.2 Å². The second-order valence-corrected chi connectivity index (χ2v) is 5.26. The number of nitrogens with two attached hydrogens (primary N) is 1. The summed E-state index contributed by atoms with van der Waals surface area (Å²) in [6, 6.07) is -0.686. The van der Waals surface area contributed by atoms with Gasteiger partial charge < -0.3 is 20.3 Å². The fourth-order valence-corrected chi connectivity index (χ4v) is 1.73. The summed E-state index contributed by atoms with van der Waals surface area (Å²) in [5.74, 6) is -0.488. The number of nitrogens with one attached hydrogen (secondary N) is 1. The highest BCUT2D eigenvalue weighted by Crippen LogP contribution is 2.32. The molecule has 0 heterocycles. The number of carbonyl (C=O) groups is 1. The van der Waals surface area contributed by atoms with Gasteiger partial charge in [0.25, 0.3) is 0 Å². The van der Waals surface area contributed by atoms with Crippen LogP contribution in [0, 0.1) is 0 Å². The summed E-state index contributed by atoms with van der Waals surface area (Å²) in [6.45, 7) is 2.44. The van der Waals surface area contributed by atoms with Crippen LogP contribution < -0.4 is 11.1 Å². The summed E-state index contributed by atoms with van der Waals surface area (Å²) in [6.07, 6.45) is 1.39. The van der Waals surface area contributed by atoms with Crippen molar-refractivity contribution in [3.05, 3.63) is 0 Å². The molecule has 0 aromatic carbocycles. The summed E-state index contributed by atoms with van der Waals surface area (Å²) in [7, 11) is -4.16. The lowest BCUT2D eigenvalue weighted by atomic mass is 10.1. The van der Waals surface area contributed by atoms with E-state index in [0.29, 0.717) is 19.4 Å². The molecule has 0 rings (SSSR count). The number of hydrogen-bond acceptors (Lipinski definition) is 5. The normalized spacial score (nSPS) is 13.4. The number of hydrogen-bond donors (Lipinski definition) is 4. The molecule has 0 unspecified atom stereocenters. The minimum Gasteiger partial charge on any atom is -0.465 e. The highest BCUT2D eigenvalue weighted by Gasteiger charge is 2.22. The lowest BCUT2D eigenvalue weighted by Crippen LogP contribution is -2.38. The average molecular weight is 268 g/mol. The van der Waals surface area contributed by atoms with E-state index in [-0.39, 0.29) is 6.61 Å². The van der Waals surface area contributed by atoms with Crippen LogP contribution in [0.15, 0.2) is 0 Å². The number of ether oxygens (including phenoxy) is 1. The van der Waals surface area contributed by atoms with Gasteiger partial charge in [0, 0.05) is 0 Å². The molecular weight excluding hydrogens is 247 g/mol. The molecule has 1 atom stereocenters. The molecule has 0 amide bonds. The van der Waals surface area contributed by atoms with Crippen LogP contribution in [0.3, 0.4) is 0 Å². The molecule has 0 aliphatic rings. The number of unbranched alkanes of at least 4 members (excludes halogenated alkanes) is 1. The first kappa shape index (κ1) is 16.5. The molecule has 102 valence electrons. The maximum atomic E-state index is 11.5. The molecule has 0 aliphatic heterocycles. The van der Waals surface area contributed by atoms with Crippen LogP contribution in [-0.2, 0) is 14.1 Å². The van der Waals surface area contributed by atoms with Crippen molar-refractivity contribution in [2.45, 2.75) is 32.2 Å². The van der Waals surface area contributed by atoms with E-state index < -0.39 is 25.9 Å². The zero-order valence-corrected chi connectivity index (χ0v) is 10.9. The number of carbonyl (C=O) groups excluding carboxylic acids is 1. The minimum atomic E-state index is -4.16. The Morgan fingerprint density at radius 3 is 2.59 bits per heavy atom. The Bertz CT molecular complexity index is 268. The van der Waals surface area contributed by atoms with Gasteiger partial charge in [-0.3, -0.25) is 14.7 Å². The first-order valence-electron chi connectivity index (χ1n) is 5.55. The molecular formula is C9H21N2O5P. The van der Waals surface area contributed by atoms with Crippen LogP contribution >= 0.6 is 7.60 Å². The van der Waals surface area contributed by atoms with E-state index in [1.165, 1.54) is 0 Å². The van der Waals surface area contributed by atoms with Crippen LogP contribution in [0.25, 0.3) is 0 Å². The molecule has 0 saturated carbocycles. The molecule has 0 bridgehead atoms. The largest absolute Gasteiger partial charge is 0.465 e. The second-order valence-electron chi connectivity index (χ2n) is 3.62. The van der Waals surface area contributed by atoms with Crippen molar-refractivity contribution in [2.75, 3.05) is 19.4 Å². The lowest BCUT2D eigenvalue weighted by Gasteiger charge is -2.17. The van der Waals surface area contributed by atoms with E-state index in [1.807, 2.05) is 0 Å². The molecule has 0 spiro atoms. The van der Waals surface area contributed by atoms with Gasteiger partial charge in [-0.1, -0.05) is 6.42 Å². The fourth-order valence-electron chi connectivity index (χ4n) is 1.27. The van der Waals surface area contributed by atoms with E-state index in [2.05, 4.69) is 5.32 Å². The topological polar surface area (TPSA) is 122 Å². The minimum absolute atomic E-state index is 0.240. The average Bonchev–Trinajstić information content (AvgIpc) is 2.22. The van der Waals surface area contributed by atoms with Crippen LogP contribution in [0.4, 0.5) is 0 Å². The van der Waals surface area contributed by atoms with E-state index in [9.17, 15) is 9.36 Å². The fraction of sp³-hybridized carbons (Fsp3) is 0.889. The first-order valence-corrected chi connectivity index (χ1v) is 7.35. The molecule has 0 aromatic rings. The molecule has 7 nitrogen and oxygen atoms in total. The SMILES string of the molecule is CCOC(=O)[C@H](CCCCN)NCP(=O)(O)O. The summed E-state index contributed by atoms with van der Waals surface area (Å²) in [5, 5.41) is 2.52. The quantitative estimate of drug-likeness (QED) is 0.259. The van der Waals surface area contributed by atoms with E-state index in [0.717, 1.165) is 6.42 Å². The zero-order valence-electron chi connectivity index (χ0n) is 9.96.